The van der Waals surface area contributed by atoms with Gasteiger partial charge >= 0.3 is 11.9 Å². The standard InChI is InChI=1S/C25H31NO5/c1-2-31-25(30)22(17-20-12-7-4-8-13-20)18-21(16-19-10-5-3-6-11-19)24(29)26-15-9-14-23(27)28/h3-8,10-13,21-22H,2,9,14-18H2,1H3,(H,26,29)(H,27,28)/t21?,22-/m0/s1. The Balaban J connectivity index is 2.14. The zero-order valence-electron chi connectivity index (χ0n) is 18.0. The zero-order chi connectivity index (χ0) is 22.5. The van der Waals surface area contributed by atoms with Crippen LogP contribution < -0.4 is 5.32 Å². The van der Waals surface area contributed by atoms with E-state index >= 15 is 0 Å². The minimum absolute atomic E-state index is 0.00307. The summed E-state index contributed by atoms with van der Waals surface area (Å²) in [4.78, 5) is 36.3. The molecule has 6 heteroatoms. The third-order valence-electron chi connectivity index (χ3n) is 5.08. The molecule has 2 N–H and O–H groups in total. The fourth-order valence-electron chi connectivity index (χ4n) is 3.54. The Hall–Kier alpha value is -3.15. The number of carbonyl (C=O) groups excluding carboxylic acids is 2. The Bertz CT molecular complexity index is 822. The molecule has 0 aliphatic carbocycles. The van der Waals surface area contributed by atoms with Gasteiger partial charge < -0.3 is 15.2 Å². The summed E-state index contributed by atoms with van der Waals surface area (Å²) in [5.41, 5.74) is 2.02. The first-order valence-corrected chi connectivity index (χ1v) is 10.7. The molecule has 6 nitrogen and oxygen atoms in total. The maximum absolute atomic E-state index is 13.0. The molecule has 2 atom stereocenters. The molecule has 1 amide bonds. The number of nitrogens with one attached hydrogen (secondary N) is 1. The van der Waals surface area contributed by atoms with Crippen molar-refractivity contribution in [1.82, 2.24) is 5.32 Å². The van der Waals surface area contributed by atoms with Gasteiger partial charge in [-0.25, -0.2) is 0 Å². The van der Waals surface area contributed by atoms with E-state index < -0.39 is 17.8 Å². The number of aliphatic carboxylic acids is 1. The molecule has 1 unspecified atom stereocenters. The fourth-order valence-corrected chi connectivity index (χ4v) is 3.54. The second-order valence-corrected chi connectivity index (χ2v) is 7.55. The third-order valence-corrected chi connectivity index (χ3v) is 5.08. The van der Waals surface area contributed by atoms with E-state index in [4.69, 9.17) is 9.84 Å². The first kappa shape index (κ1) is 24.1. The molecule has 31 heavy (non-hydrogen) atoms. The lowest BCUT2D eigenvalue weighted by Crippen LogP contribution is -2.36. The Labute approximate surface area is 183 Å². The third kappa shape index (κ3) is 9.03. The number of carbonyl (C=O) groups is 3. The van der Waals surface area contributed by atoms with Crippen molar-refractivity contribution >= 4 is 17.8 Å². The number of benzene rings is 2. The van der Waals surface area contributed by atoms with Crippen LogP contribution in [0.15, 0.2) is 60.7 Å². The van der Waals surface area contributed by atoms with Crippen molar-refractivity contribution in [3.8, 4) is 0 Å². The fraction of sp³-hybridized carbons (Fsp3) is 0.400. The summed E-state index contributed by atoms with van der Waals surface area (Å²) in [7, 11) is 0. The molecule has 0 spiro atoms. The highest BCUT2D eigenvalue weighted by molar-refractivity contribution is 5.80. The highest BCUT2D eigenvalue weighted by Crippen LogP contribution is 2.23. The highest BCUT2D eigenvalue weighted by atomic mass is 16.5. The van der Waals surface area contributed by atoms with E-state index in [9.17, 15) is 14.4 Å². The second-order valence-electron chi connectivity index (χ2n) is 7.55. The van der Waals surface area contributed by atoms with Gasteiger partial charge in [0.2, 0.25) is 5.91 Å². The summed E-state index contributed by atoms with van der Waals surface area (Å²) >= 11 is 0. The van der Waals surface area contributed by atoms with Crippen molar-refractivity contribution in [1.29, 1.82) is 0 Å². The molecule has 0 radical (unpaired) electrons. The molecule has 0 aromatic heterocycles. The summed E-state index contributed by atoms with van der Waals surface area (Å²) in [6.45, 7) is 2.35. The van der Waals surface area contributed by atoms with Crippen LogP contribution in [-0.4, -0.2) is 36.1 Å². The maximum Gasteiger partial charge on any atom is 0.309 e. The minimum Gasteiger partial charge on any atom is -0.481 e. The summed E-state index contributed by atoms with van der Waals surface area (Å²) in [5, 5.41) is 11.6. The Kier molecular flexibility index (Phi) is 10.3. The van der Waals surface area contributed by atoms with Crippen LogP contribution in [0.1, 0.15) is 37.3 Å². The Morgan fingerprint density at radius 3 is 1.97 bits per heavy atom. The Morgan fingerprint density at radius 1 is 0.903 bits per heavy atom. The summed E-state index contributed by atoms with van der Waals surface area (Å²) < 4.78 is 5.30. The van der Waals surface area contributed by atoms with Gasteiger partial charge in [-0.15, -0.1) is 0 Å². The highest BCUT2D eigenvalue weighted by Gasteiger charge is 2.28. The van der Waals surface area contributed by atoms with Crippen LogP contribution in [0.3, 0.4) is 0 Å². The summed E-state index contributed by atoms with van der Waals surface area (Å²) in [6, 6.07) is 19.4. The maximum atomic E-state index is 13.0. The van der Waals surface area contributed by atoms with Crippen LogP contribution in [0.2, 0.25) is 0 Å². The summed E-state index contributed by atoms with van der Waals surface area (Å²) in [5.74, 6) is -2.23. The van der Waals surface area contributed by atoms with Crippen molar-refractivity contribution in [2.75, 3.05) is 13.2 Å². The lowest BCUT2D eigenvalue weighted by molar-refractivity contribution is -0.149. The number of hydrogen-bond donors (Lipinski definition) is 2. The molecule has 166 valence electrons. The molecule has 0 fully saturated rings. The van der Waals surface area contributed by atoms with Gasteiger partial charge in [0.15, 0.2) is 0 Å². The van der Waals surface area contributed by atoms with E-state index in [2.05, 4.69) is 5.32 Å². The van der Waals surface area contributed by atoms with E-state index in [-0.39, 0.29) is 24.9 Å². The van der Waals surface area contributed by atoms with Gasteiger partial charge in [0.1, 0.15) is 0 Å². The van der Waals surface area contributed by atoms with Crippen LogP contribution in [0.4, 0.5) is 0 Å². The monoisotopic (exact) mass is 425 g/mol. The topological polar surface area (TPSA) is 92.7 Å². The van der Waals surface area contributed by atoms with Crippen molar-refractivity contribution in [2.24, 2.45) is 11.8 Å². The van der Waals surface area contributed by atoms with Gasteiger partial charge in [0, 0.05) is 18.9 Å². The van der Waals surface area contributed by atoms with Crippen LogP contribution in [0, 0.1) is 11.8 Å². The molecule has 0 aliphatic heterocycles. The molecule has 2 aromatic carbocycles. The van der Waals surface area contributed by atoms with Gasteiger partial charge in [-0.2, -0.15) is 0 Å². The smallest absolute Gasteiger partial charge is 0.309 e. The van der Waals surface area contributed by atoms with E-state index in [1.165, 1.54) is 0 Å². The number of hydrogen-bond acceptors (Lipinski definition) is 4. The number of esters is 1. The number of amides is 1. The van der Waals surface area contributed by atoms with Crippen molar-refractivity contribution in [3.05, 3.63) is 71.8 Å². The molecule has 2 aromatic rings. The van der Waals surface area contributed by atoms with Crippen LogP contribution in [-0.2, 0) is 32.0 Å². The predicted octanol–water partition coefficient (Wildman–Crippen LogP) is 3.64. The summed E-state index contributed by atoms with van der Waals surface area (Å²) in [6.07, 6.45) is 1.72. The lowest BCUT2D eigenvalue weighted by atomic mass is 9.85. The van der Waals surface area contributed by atoms with Gasteiger partial charge in [-0.3, -0.25) is 14.4 Å². The quantitative estimate of drug-likeness (QED) is 0.378. The molecule has 0 aliphatic rings. The number of carboxylic acid groups (broad SMARTS) is 1. The molecule has 0 saturated carbocycles. The molecule has 0 bridgehead atoms. The van der Waals surface area contributed by atoms with Gasteiger partial charge in [-0.1, -0.05) is 60.7 Å². The van der Waals surface area contributed by atoms with E-state index in [1.807, 2.05) is 60.7 Å². The van der Waals surface area contributed by atoms with Crippen LogP contribution >= 0.6 is 0 Å². The van der Waals surface area contributed by atoms with Crippen molar-refractivity contribution in [3.63, 3.8) is 0 Å². The average Bonchev–Trinajstić information content (AvgIpc) is 2.77. The SMILES string of the molecule is CCOC(=O)[C@@H](Cc1ccccc1)CC(Cc1ccccc1)C(=O)NCCCC(=O)O. The van der Waals surface area contributed by atoms with Crippen molar-refractivity contribution < 1.29 is 24.2 Å². The lowest BCUT2D eigenvalue weighted by Gasteiger charge is -2.22. The number of rotatable bonds is 13. The van der Waals surface area contributed by atoms with Gasteiger partial charge in [0.25, 0.3) is 0 Å². The van der Waals surface area contributed by atoms with E-state index in [0.29, 0.717) is 32.2 Å². The molecule has 2 rings (SSSR count). The first-order valence-electron chi connectivity index (χ1n) is 10.7. The van der Waals surface area contributed by atoms with Gasteiger partial charge in [0.05, 0.1) is 12.5 Å². The largest absolute Gasteiger partial charge is 0.481 e. The predicted molar refractivity (Wildman–Crippen MR) is 118 cm³/mol. The number of carboxylic acids is 1. The molecule has 0 saturated heterocycles. The molecular formula is C25H31NO5. The van der Waals surface area contributed by atoms with E-state index in [1.54, 1.807) is 6.92 Å². The van der Waals surface area contributed by atoms with E-state index in [0.717, 1.165) is 11.1 Å². The Morgan fingerprint density at radius 2 is 1.45 bits per heavy atom. The average molecular weight is 426 g/mol. The van der Waals surface area contributed by atoms with Crippen LogP contribution in [0.5, 0.6) is 0 Å². The minimum atomic E-state index is -0.889. The van der Waals surface area contributed by atoms with Gasteiger partial charge in [-0.05, 0) is 43.7 Å². The number of ether oxygens (including phenoxy) is 1. The second kappa shape index (κ2) is 13.2. The molecular weight excluding hydrogens is 394 g/mol. The molecule has 0 heterocycles. The normalized spacial score (nSPS) is 12.5. The first-order chi connectivity index (χ1) is 15.0. The van der Waals surface area contributed by atoms with Crippen molar-refractivity contribution in [2.45, 2.75) is 39.0 Å². The zero-order valence-corrected chi connectivity index (χ0v) is 18.0. The van der Waals surface area contributed by atoms with Crippen LogP contribution in [0.25, 0.3) is 0 Å².